The highest BCUT2D eigenvalue weighted by atomic mass is 16.2. The first-order valence-corrected chi connectivity index (χ1v) is 9.40. The van der Waals surface area contributed by atoms with Crippen molar-refractivity contribution < 1.29 is 4.79 Å². The number of aromatic nitrogens is 1. The highest BCUT2D eigenvalue weighted by molar-refractivity contribution is 5.94. The number of amides is 1. The van der Waals surface area contributed by atoms with Gasteiger partial charge in [-0.05, 0) is 55.9 Å². The van der Waals surface area contributed by atoms with Crippen molar-refractivity contribution in [2.45, 2.75) is 38.1 Å². The van der Waals surface area contributed by atoms with Crippen LogP contribution in [0, 0.1) is 0 Å². The summed E-state index contributed by atoms with van der Waals surface area (Å²) < 4.78 is 0. The Bertz CT molecular complexity index is 708. The van der Waals surface area contributed by atoms with E-state index in [9.17, 15) is 4.79 Å². The minimum absolute atomic E-state index is 0.133. The van der Waals surface area contributed by atoms with E-state index >= 15 is 0 Å². The van der Waals surface area contributed by atoms with Crippen LogP contribution in [0.25, 0.3) is 0 Å². The fourth-order valence-electron chi connectivity index (χ4n) is 4.00. The molecule has 0 radical (unpaired) electrons. The Labute approximate surface area is 149 Å². The fraction of sp³-hybridized carbons (Fsp3) is 0.429. The van der Waals surface area contributed by atoms with Gasteiger partial charge in [-0.3, -0.25) is 4.79 Å². The van der Waals surface area contributed by atoms with E-state index in [4.69, 9.17) is 4.98 Å². The van der Waals surface area contributed by atoms with Crippen LogP contribution in [0.1, 0.15) is 54.1 Å². The van der Waals surface area contributed by atoms with Crippen molar-refractivity contribution in [2.24, 2.45) is 0 Å². The van der Waals surface area contributed by atoms with Gasteiger partial charge in [0, 0.05) is 31.4 Å². The Morgan fingerprint density at radius 3 is 2.40 bits per heavy atom. The lowest BCUT2D eigenvalue weighted by Gasteiger charge is -2.36. The van der Waals surface area contributed by atoms with Crippen molar-refractivity contribution in [1.82, 2.24) is 9.88 Å². The number of hydrogen-bond donors (Lipinski definition) is 0. The number of rotatable bonds is 3. The number of benzene rings is 1. The van der Waals surface area contributed by atoms with Crippen molar-refractivity contribution in [3.05, 3.63) is 59.8 Å². The fourth-order valence-corrected chi connectivity index (χ4v) is 4.00. The molecule has 4 nitrogen and oxygen atoms in total. The lowest BCUT2D eigenvalue weighted by Crippen LogP contribution is -2.38. The summed E-state index contributed by atoms with van der Waals surface area (Å²) in [7, 11) is 0. The summed E-state index contributed by atoms with van der Waals surface area (Å²) in [4.78, 5) is 22.0. The van der Waals surface area contributed by atoms with Gasteiger partial charge >= 0.3 is 0 Å². The van der Waals surface area contributed by atoms with Gasteiger partial charge in [-0.15, -0.1) is 0 Å². The molecule has 4 heteroatoms. The number of pyridine rings is 1. The number of anilines is 1. The molecular weight excluding hydrogens is 310 g/mol. The SMILES string of the molecule is O=C(c1ccccc1)N1CCCCC1c1ccc(N2CCCC2)nc1. The summed E-state index contributed by atoms with van der Waals surface area (Å²) in [5.74, 6) is 1.20. The maximum absolute atomic E-state index is 13.0. The number of nitrogens with zero attached hydrogens (tertiary/aromatic N) is 3. The molecule has 1 amide bonds. The van der Waals surface area contributed by atoms with Gasteiger partial charge in [-0.1, -0.05) is 24.3 Å². The van der Waals surface area contributed by atoms with Crippen molar-refractivity contribution in [3.8, 4) is 0 Å². The van der Waals surface area contributed by atoms with Crippen molar-refractivity contribution in [2.75, 3.05) is 24.5 Å². The molecule has 2 fully saturated rings. The number of carbonyl (C=O) groups excluding carboxylic acids is 1. The largest absolute Gasteiger partial charge is 0.357 e. The maximum atomic E-state index is 13.0. The van der Waals surface area contributed by atoms with Gasteiger partial charge < -0.3 is 9.80 Å². The zero-order valence-corrected chi connectivity index (χ0v) is 14.6. The average Bonchev–Trinajstić information content (AvgIpc) is 3.23. The molecule has 2 saturated heterocycles. The zero-order valence-electron chi connectivity index (χ0n) is 14.6. The predicted octanol–water partition coefficient (Wildman–Crippen LogP) is 4.05. The van der Waals surface area contributed by atoms with Gasteiger partial charge in [0.05, 0.1) is 6.04 Å². The molecule has 0 N–H and O–H groups in total. The van der Waals surface area contributed by atoms with Gasteiger partial charge in [0.25, 0.3) is 5.91 Å². The van der Waals surface area contributed by atoms with E-state index in [0.717, 1.165) is 55.8 Å². The first-order chi connectivity index (χ1) is 12.3. The van der Waals surface area contributed by atoms with Crippen LogP contribution in [-0.2, 0) is 0 Å². The lowest BCUT2D eigenvalue weighted by atomic mass is 9.95. The minimum atomic E-state index is 0.133. The summed E-state index contributed by atoms with van der Waals surface area (Å²) in [5.41, 5.74) is 1.93. The molecule has 3 heterocycles. The zero-order chi connectivity index (χ0) is 17.1. The van der Waals surface area contributed by atoms with E-state index < -0.39 is 0 Å². The van der Waals surface area contributed by atoms with Crippen molar-refractivity contribution in [3.63, 3.8) is 0 Å². The summed E-state index contributed by atoms with van der Waals surface area (Å²) in [6.45, 7) is 3.04. The first kappa shape index (κ1) is 16.1. The predicted molar refractivity (Wildman–Crippen MR) is 99.8 cm³/mol. The van der Waals surface area contributed by atoms with Crippen LogP contribution in [-0.4, -0.2) is 35.4 Å². The summed E-state index contributed by atoms with van der Waals surface area (Å²) in [5, 5.41) is 0. The second kappa shape index (κ2) is 7.26. The first-order valence-electron chi connectivity index (χ1n) is 9.40. The molecule has 0 bridgehead atoms. The normalized spacial score (nSPS) is 20.7. The Kier molecular flexibility index (Phi) is 4.68. The standard InChI is InChI=1S/C21H25N3O/c25-21(17-8-2-1-3-9-17)24-15-5-4-10-19(24)18-11-12-20(22-16-18)23-13-6-7-14-23/h1-3,8-9,11-12,16,19H,4-7,10,13-15H2. The van der Waals surface area contributed by atoms with Crippen LogP contribution in [0.5, 0.6) is 0 Å². The molecule has 1 atom stereocenters. The lowest BCUT2D eigenvalue weighted by molar-refractivity contribution is 0.0611. The quantitative estimate of drug-likeness (QED) is 0.849. The third-order valence-electron chi connectivity index (χ3n) is 5.37. The van der Waals surface area contributed by atoms with E-state index in [1.54, 1.807) is 0 Å². The van der Waals surface area contributed by atoms with Crippen LogP contribution in [0.4, 0.5) is 5.82 Å². The van der Waals surface area contributed by atoms with Crippen LogP contribution >= 0.6 is 0 Å². The smallest absolute Gasteiger partial charge is 0.254 e. The van der Waals surface area contributed by atoms with Gasteiger partial charge in [0.15, 0.2) is 0 Å². The molecule has 2 aliphatic rings. The highest BCUT2D eigenvalue weighted by Crippen LogP contribution is 2.32. The van der Waals surface area contributed by atoms with Crippen LogP contribution < -0.4 is 4.90 Å². The van der Waals surface area contributed by atoms with E-state index in [-0.39, 0.29) is 11.9 Å². The Balaban J connectivity index is 1.55. The summed E-state index contributed by atoms with van der Waals surface area (Å²) in [6, 6.07) is 14.1. The van der Waals surface area contributed by atoms with Gasteiger partial charge in [0.2, 0.25) is 0 Å². The Hall–Kier alpha value is -2.36. The number of carbonyl (C=O) groups is 1. The van der Waals surface area contributed by atoms with E-state index in [2.05, 4.69) is 17.0 Å². The topological polar surface area (TPSA) is 36.4 Å². The number of likely N-dealkylation sites (tertiary alicyclic amines) is 1. The molecule has 0 saturated carbocycles. The molecule has 130 valence electrons. The molecule has 1 aromatic carbocycles. The Morgan fingerprint density at radius 1 is 0.920 bits per heavy atom. The van der Waals surface area contributed by atoms with E-state index in [1.165, 1.54) is 12.8 Å². The average molecular weight is 335 g/mol. The molecule has 1 aromatic heterocycles. The van der Waals surface area contributed by atoms with Crippen molar-refractivity contribution in [1.29, 1.82) is 0 Å². The summed E-state index contributed by atoms with van der Waals surface area (Å²) >= 11 is 0. The van der Waals surface area contributed by atoms with Gasteiger partial charge in [-0.25, -0.2) is 4.98 Å². The molecule has 0 spiro atoms. The maximum Gasteiger partial charge on any atom is 0.254 e. The molecule has 4 rings (SSSR count). The second-order valence-corrected chi connectivity index (χ2v) is 7.02. The van der Waals surface area contributed by atoms with Gasteiger partial charge in [-0.2, -0.15) is 0 Å². The van der Waals surface area contributed by atoms with E-state index in [0.29, 0.717) is 0 Å². The Morgan fingerprint density at radius 2 is 1.68 bits per heavy atom. The minimum Gasteiger partial charge on any atom is -0.357 e. The highest BCUT2D eigenvalue weighted by Gasteiger charge is 2.29. The molecule has 25 heavy (non-hydrogen) atoms. The molecule has 2 aromatic rings. The molecule has 2 aliphatic heterocycles. The molecule has 1 unspecified atom stereocenters. The molecular formula is C21H25N3O. The van der Waals surface area contributed by atoms with E-state index in [1.807, 2.05) is 41.4 Å². The second-order valence-electron chi connectivity index (χ2n) is 7.02. The summed E-state index contributed by atoms with van der Waals surface area (Å²) in [6.07, 6.45) is 7.75. The molecule has 0 aliphatic carbocycles. The third-order valence-corrected chi connectivity index (χ3v) is 5.37. The monoisotopic (exact) mass is 335 g/mol. The van der Waals surface area contributed by atoms with Crippen LogP contribution in [0.3, 0.4) is 0 Å². The van der Waals surface area contributed by atoms with Gasteiger partial charge in [0.1, 0.15) is 5.82 Å². The number of hydrogen-bond acceptors (Lipinski definition) is 3. The van der Waals surface area contributed by atoms with Crippen molar-refractivity contribution >= 4 is 11.7 Å². The third kappa shape index (κ3) is 3.39. The van der Waals surface area contributed by atoms with Crippen LogP contribution in [0.2, 0.25) is 0 Å². The van der Waals surface area contributed by atoms with Crippen LogP contribution in [0.15, 0.2) is 48.7 Å². The number of piperidine rings is 1.